The lowest BCUT2D eigenvalue weighted by Crippen LogP contribution is -2.29. The highest BCUT2D eigenvalue weighted by Gasteiger charge is 2.23. The summed E-state index contributed by atoms with van der Waals surface area (Å²) in [5, 5.41) is 17.3. The number of carbonyl (C=O) groups excluding carboxylic acids is 1. The second kappa shape index (κ2) is 7.79. The third kappa shape index (κ3) is 3.95. The van der Waals surface area contributed by atoms with Gasteiger partial charge in [-0.2, -0.15) is 5.10 Å². The van der Waals surface area contributed by atoms with E-state index in [4.69, 9.17) is 16.3 Å². The number of aliphatic hydroxyl groups is 1. The summed E-state index contributed by atoms with van der Waals surface area (Å²) in [7, 11) is 0. The fraction of sp³-hybridized carbons (Fsp3) is 0.412. The molecule has 1 fully saturated rings. The number of rotatable bonds is 5. The van der Waals surface area contributed by atoms with Gasteiger partial charge in [-0.15, -0.1) is 0 Å². The van der Waals surface area contributed by atoms with Crippen molar-refractivity contribution in [1.29, 1.82) is 0 Å². The minimum absolute atomic E-state index is 0.0324. The van der Waals surface area contributed by atoms with Crippen LogP contribution in [0.3, 0.4) is 0 Å². The van der Waals surface area contributed by atoms with E-state index < -0.39 is 0 Å². The molecule has 0 saturated carbocycles. The predicted octanol–water partition coefficient (Wildman–Crippen LogP) is 2.56. The van der Waals surface area contributed by atoms with E-state index in [-0.39, 0.29) is 18.4 Å². The van der Waals surface area contributed by atoms with Gasteiger partial charge in [0.1, 0.15) is 5.82 Å². The smallest absolute Gasteiger partial charge is 0.228 e. The Morgan fingerprint density at radius 2 is 2.17 bits per heavy atom. The van der Waals surface area contributed by atoms with Crippen molar-refractivity contribution in [3.63, 3.8) is 0 Å². The molecule has 24 heavy (non-hydrogen) atoms. The van der Waals surface area contributed by atoms with Crippen LogP contribution >= 0.6 is 11.6 Å². The maximum absolute atomic E-state index is 12.4. The van der Waals surface area contributed by atoms with Crippen LogP contribution in [-0.4, -0.2) is 40.6 Å². The Morgan fingerprint density at radius 1 is 1.38 bits per heavy atom. The van der Waals surface area contributed by atoms with Gasteiger partial charge in [-0.05, 0) is 25.0 Å². The maximum Gasteiger partial charge on any atom is 0.228 e. The van der Waals surface area contributed by atoms with Gasteiger partial charge < -0.3 is 15.2 Å². The van der Waals surface area contributed by atoms with Crippen LogP contribution in [0.25, 0.3) is 11.3 Å². The number of ether oxygens (including phenoxy) is 1. The molecule has 1 aromatic carbocycles. The van der Waals surface area contributed by atoms with E-state index >= 15 is 0 Å². The molecule has 0 radical (unpaired) electrons. The standard InChI is InChI=1S/C17H20ClN3O3/c18-14-3-1-2-13(10-14)15-11-16(21(20-15)6-7-22)19-17(23)12-4-8-24-9-5-12/h1-3,10-12,22H,4-9H2,(H,19,23). The largest absolute Gasteiger partial charge is 0.394 e. The first-order valence-corrected chi connectivity index (χ1v) is 8.38. The number of nitrogens with one attached hydrogen (secondary N) is 1. The molecular weight excluding hydrogens is 330 g/mol. The second-order valence-corrected chi connectivity index (χ2v) is 6.18. The van der Waals surface area contributed by atoms with Crippen LogP contribution in [0.2, 0.25) is 5.02 Å². The van der Waals surface area contributed by atoms with Gasteiger partial charge in [0.2, 0.25) is 5.91 Å². The van der Waals surface area contributed by atoms with Crippen molar-refractivity contribution in [2.45, 2.75) is 19.4 Å². The number of carbonyl (C=O) groups is 1. The SMILES string of the molecule is O=C(Nc1cc(-c2cccc(Cl)c2)nn1CCO)C1CCOCC1. The summed E-state index contributed by atoms with van der Waals surface area (Å²) >= 11 is 6.03. The van der Waals surface area contributed by atoms with E-state index in [1.54, 1.807) is 16.8 Å². The van der Waals surface area contributed by atoms with Crippen LogP contribution in [-0.2, 0) is 16.1 Å². The third-order valence-corrected chi connectivity index (χ3v) is 4.29. The van der Waals surface area contributed by atoms with Gasteiger partial charge >= 0.3 is 0 Å². The van der Waals surface area contributed by atoms with Crippen LogP contribution in [0.5, 0.6) is 0 Å². The fourth-order valence-corrected chi connectivity index (χ4v) is 2.95. The fourth-order valence-electron chi connectivity index (χ4n) is 2.76. The summed E-state index contributed by atoms with van der Waals surface area (Å²) in [4.78, 5) is 12.4. The Labute approximate surface area is 145 Å². The van der Waals surface area contributed by atoms with Crippen LogP contribution < -0.4 is 5.32 Å². The van der Waals surface area contributed by atoms with Gasteiger partial charge in [-0.25, -0.2) is 4.68 Å². The molecule has 7 heteroatoms. The molecule has 2 aromatic rings. The molecule has 1 amide bonds. The van der Waals surface area contributed by atoms with Gasteiger partial charge in [0.15, 0.2) is 0 Å². The molecule has 0 spiro atoms. The minimum Gasteiger partial charge on any atom is -0.394 e. The molecule has 3 rings (SSSR count). The molecule has 1 aliphatic rings. The van der Waals surface area contributed by atoms with Gasteiger partial charge in [0.05, 0.1) is 18.8 Å². The molecule has 2 N–H and O–H groups in total. The van der Waals surface area contributed by atoms with Crippen molar-refractivity contribution < 1.29 is 14.6 Å². The van der Waals surface area contributed by atoms with Crippen molar-refractivity contribution in [3.05, 3.63) is 35.4 Å². The lowest BCUT2D eigenvalue weighted by molar-refractivity contribution is -0.122. The Bertz CT molecular complexity index is 711. The summed E-state index contributed by atoms with van der Waals surface area (Å²) in [6, 6.07) is 9.17. The summed E-state index contributed by atoms with van der Waals surface area (Å²) in [5.74, 6) is 0.497. The number of benzene rings is 1. The van der Waals surface area contributed by atoms with Crippen molar-refractivity contribution in [1.82, 2.24) is 9.78 Å². The number of anilines is 1. The molecule has 6 nitrogen and oxygen atoms in total. The monoisotopic (exact) mass is 349 g/mol. The normalized spacial score (nSPS) is 15.4. The average molecular weight is 350 g/mol. The van der Waals surface area contributed by atoms with Gasteiger partial charge in [-0.1, -0.05) is 23.7 Å². The Balaban J connectivity index is 1.82. The number of nitrogens with zero attached hydrogens (tertiary/aromatic N) is 2. The Morgan fingerprint density at radius 3 is 2.88 bits per heavy atom. The zero-order valence-corrected chi connectivity index (χ0v) is 14.0. The molecule has 1 saturated heterocycles. The first-order valence-electron chi connectivity index (χ1n) is 8.00. The summed E-state index contributed by atoms with van der Waals surface area (Å²) < 4.78 is 6.90. The maximum atomic E-state index is 12.4. The molecule has 0 atom stereocenters. The lowest BCUT2D eigenvalue weighted by Gasteiger charge is -2.21. The van der Waals surface area contributed by atoms with E-state index in [2.05, 4.69) is 10.4 Å². The quantitative estimate of drug-likeness (QED) is 0.869. The van der Waals surface area contributed by atoms with E-state index in [0.29, 0.717) is 36.3 Å². The molecule has 1 aliphatic heterocycles. The molecule has 1 aromatic heterocycles. The van der Waals surface area contributed by atoms with Crippen LogP contribution in [0, 0.1) is 5.92 Å². The molecular formula is C17H20ClN3O3. The average Bonchev–Trinajstić information content (AvgIpc) is 2.99. The molecule has 2 heterocycles. The third-order valence-electron chi connectivity index (χ3n) is 4.06. The number of halogens is 1. The van der Waals surface area contributed by atoms with E-state index in [9.17, 15) is 9.90 Å². The van der Waals surface area contributed by atoms with Gasteiger partial charge in [0, 0.05) is 35.8 Å². The Kier molecular flexibility index (Phi) is 5.50. The highest BCUT2D eigenvalue weighted by molar-refractivity contribution is 6.30. The molecule has 0 unspecified atom stereocenters. The first-order chi connectivity index (χ1) is 11.7. The number of hydrogen-bond acceptors (Lipinski definition) is 4. The highest BCUT2D eigenvalue weighted by atomic mass is 35.5. The zero-order chi connectivity index (χ0) is 16.9. The lowest BCUT2D eigenvalue weighted by atomic mass is 9.99. The van der Waals surface area contributed by atoms with Crippen LogP contribution in [0.15, 0.2) is 30.3 Å². The van der Waals surface area contributed by atoms with Crippen molar-refractivity contribution in [2.75, 3.05) is 25.1 Å². The van der Waals surface area contributed by atoms with Crippen LogP contribution in [0.4, 0.5) is 5.82 Å². The first kappa shape index (κ1) is 17.0. The Hall–Kier alpha value is -1.89. The van der Waals surface area contributed by atoms with Crippen molar-refractivity contribution >= 4 is 23.3 Å². The zero-order valence-electron chi connectivity index (χ0n) is 13.2. The van der Waals surface area contributed by atoms with Gasteiger partial charge in [0.25, 0.3) is 0 Å². The summed E-state index contributed by atoms with van der Waals surface area (Å²) in [6.45, 7) is 1.48. The minimum atomic E-state index is -0.0587. The topological polar surface area (TPSA) is 76.4 Å². The number of hydrogen-bond donors (Lipinski definition) is 2. The predicted molar refractivity (Wildman–Crippen MR) is 91.9 cm³/mol. The van der Waals surface area contributed by atoms with Crippen molar-refractivity contribution in [3.8, 4) is 11.3 Å². The van der Waals surface area contributed by atoms with Gasteiger partial charge in [-0.3, -0.25) is 4.79 Å². The number of aliphatic hydroxyl groups excluding tert-OH is 1. The number of amides is 1. The highest BCUT2D eigenvalue weighted by Crippen LogP contribution is 2.25. The van der Waals surface area contributed by atoms with E-state index in [1.165, 1.54) is 0 Å². The molecule has 0 bridgehead atoms. The second-order valence-electron chi connectivity index (χ2n) is 5.75. The summed E-state index contributed by atoms with van der Waals surface area (Å²) in [5.41, 5.74) is 1.56. The van der Waals surface area contributed by atoms with Crippen LogP contribution in [0.1, 0.15) is 12.8 Å². The summed E-state index contributed by atoms with van der Waals surface area (Å²) in [6.07, 6.45) is 1.45. The van der Waals surface area contributed by atoms with E-state index in [1.807, 2.05) is 18.2 Å². The molecule has 0 aliphatic carbocycles. The van der Waals surface area contributed by atoms with E-state index in [0.717, 1.165) is 18.4 Å². The number of aromatic nitrogens is 2. The molecule has 128 valence electrons. The van der Waals surface area contributed by atoms with Crippen molar-refractivity contribution in [2.24, 2.45) is 5.92 Å².